The molecule has 120 valence electrons. The van der Waals surface area contributed by atoms with Crippen LogP contribution in [-0.4, -0.2) is 39.4 Å². The summed E-state index contributed by atoms with van der Waals surface area (Å²) in [6.07, 6.45) is 3.47. The van der Waals surface area contributed by atoms with Gasteiger partial charge in [-0.3, -0.25) is 9.58 Å². The standard InChI is InChI=1S/C16H29ClN4/c1-6-13-9-21(16(7-2,8-3)11-18-13)10-14-15(17)12(4)19-20(14)5/h13,18H,6-11H2,1-5H3. The Morgan fingerprint density at radius 1 is 1.33 bits per heavy atom. The lowest BCUT2D eigenvalue weighted by molar-refractivity contribution is 0.0220. The Bertz CT molecular complexity index is 479. The van der Waals surface area contributed by atoms with Crippen LogP contribution in [0, 0.1) is 6.92 Å². The molecule has 0 amide bonds. The molecule has 1 N–H and O–H groups in total. The molecule has 1 atom stereocenters. The molecular formula is C16H29ClN4. The van der Waals surface area contributed by atoms with Gasteiger partial charge in [-0.25, -0.2) is 0 Å². The predicted octanol–water partition coefficient (Wildman–Crippen LogP) is 3.12. The van der Waals surface area contributed by atoms with Crippen LogP contribution in [-0.2, 0) is 13.6 Å². The molecule has 1 fully saturated rings. The highest BCUT2D eigenvalue weighted by molar-refractivity contribution is 6.31. The minimum Gasteiger partial charge on any atom is -0.311 e. The maximum atomic E-state index is 6.46. The summed E-state index contributed by atoms with van der Waals surface area (Å²) in [4.78, 5) is 2.62. The Morgan fingerprint density at radius 3 is 2.48 bits per heavy atom. The molecule has 0 saturated carbocycles. The first-order valence-electron chi connectivity index (χ1n) is 8.13. The van der Waals surface area contributed by atoms with Crippen LogP contribution in [0.5, 0.6) is 0 Å². The third-order valence-electron chi connectivity index (χ3n) is 5.24. The van der Waals surface area contributed by atoms with E-state index in [0.29, 0.717) is 6.04 Å². The van der Waals surface area contributed by atoms with Crippen LogP contribution in [0.2, 0.25) is 5.02 Å². The molecular weight excluding hydrogens is 284 g/mol. The van der Waals surface area contributed by atoms with E-state index < -0.39 is 0 Å². The fourth-order valence-corrected chi connectivity index (χ4v) is 3.68. The molecule has 4 nitrogen and oxygen atoms in total. The topological polar surface area (TPSA) is 33.1 Å². The van der Waals surface area contributed by atoms with Crippen molar-refractivity contribution in [3.63, 3.8) is 0 Å². The lowest BCUT2D eigenvalue weighted by Gasteiger charge is -2.49. The van der Waals surface area contributed by atoms with E-state index in [2.05, 4.69) is 36.1 Å². The molecule has 0 aromatic carbocycles. The third-order valence-corrected chi connectivity index (χ3v) is 5.73. The molecule has 2 rings (SSSR count). The van der Waals surface area contributed by atoms with Gasteiger partial charge in [0.25, 0.3) is 0 Å². The SMILES string of the molecule is CCC1CN(Cc2c(Cl)c(C)nn2C)C(CC)(CC)CN1. The van der Waals surface area contributed by atoms with E-state index in [9.17, 15) is 0 Å². The van der Waals surface area contributed by atoms with Crippen LogP contribution in [0.25, 0.3) is 0 Å². The first kappa shape index (κ1) is 16.8. The molecule has 1 aromatic rings. The van der Waals surface area contributed by atoms with Gasteiger partial charge < -0.3 is 5.32 Å². The highest BCUT2D eigenvalue weighted by Crippen LogP contribution is 2.31. The van der Waals surface area contributed by atoms with Crippen molar-refractivity contribution in [3.8, 4) is 0 Å². The van der Waals surface area contributed by atoms with E-state index in [0.717, 1.165) is 55.3 Å². The van der Waals surface area contributed by atoms with Crippen molar-refractivity contribution >= 4 is 11.6 Å². The van der Waals surface area contributed by atoms with Crippen LogP contribution in [0.4, 0.5) is 0 Å². The predicted molar refractivity (Wildman–Crippen MR) is 88.8 cm³/mol. The van der Waals surface area contributed by atoms with E-state index in [1.165, 1.54) is 0 Å². The summed E-state index contributed by atoms with van der Waals surface area (Å²) in [5.41, 5.74) is 2.29. The average molecular weight is 313 g/mol. The van der Waals surface area contributed by atoms with Crippen molar-refractivity contribution < 1.29 is 0 Å². The zero-order valence-electron chi connectivity index (χ0n) is 14.0. The summed E-state index contributed by atoms with van der Waals surface area (Å²) in [5.74, 6) is 0. The maximum absolute atomic E-state index is 6.46. The van der Waals surface area contributed by atoms with E-state index in [1.807, 2.05) is 18.7 Å². The van der Waals surface area contributed by atoms with E-state index >= 15 is 0 Å². The summed E-state index contributed by atoms with van der Waals surface area (Å²) in [6.45, 7) is 11.8. The average Bonchev–Trinajstić information content (AvgIpc) is 2.73. The van der Waals surface area contributed by atoms with E-state index in [4.69, 9.17) is 11.6 Å². The Labute approximate surface area is 133 Å². The summed E-state index contributed by atoms with van der Waals surface area (Å²) >= 11 is 6.46. The van der Waals surface area contributed by atoms with Gasteiger partial charge in [0.15, 0.2) is 0 Å². The number of aromatic nitrogens is 2. The highest BCUT2D eigenvalue weighted by Gasteiger charge is 2.39. The molecule has 0 aliphatic carbocycles. The molecule has 0 bridgehead atoms. The molecule has 0 spiro atoms. The molecule has 5 heteroatoms. The number of rotatable bonds is 5. The van der Waals surface area contributed by atoms with Gasteiger partial charge in [-0.2, -0.15) is 5.10 Å². The quantitative estimate of drug-likeness (QED) is 0.907. The van der Waals surface area contributed by atoms with Crippen LogP contribution in [0.3, 0.4) is 0 Å². The van der Waals surface area contributed by atoms with E-state index in [1.54, 1.807) is 0 Å². The van der Waals surface area contributed by atoms with Crippen LogP contribution in [0.1, 0.15) is 51.4 Å². The molecule has 2 heterocycles. The zero-order chi connectivity index (χ0) is 15.6. The Hall–Kier alpha value is -0.580. The van der Waals surface area contributed by atoms with Crippen LogP contribution >= 0.6 is 11.6 Å². The number of hydrogen-bond donors (Lipinski definition) is 1. The largest absolute Gasteiger partial charge is 0.311 e. The second-order valence-electron chi connectivity index (χ2n) is 6.27. The summed E-state index contributed by atoms with van der Waals surface area (Å²) < 4.78 is 1.94. The maximum Gasteiger partial charge on any atom is 0.0860 e. The second kappa shape index (κ2) is 6.67. The number of piperazine rings is 1. The fraction of sp³-hybridized carbons (Fsp3) is 0.812. The van der Waals surface area contributed by atoms with Crippen LogP contribution < -0.4 is 5.32 Å². The van der Waals surface area contributed by atoms with Gasteiger partial charge in [0, 0.05) is 38.3 Å². The normalized spacial score (nSPS) is 22.7. The fourth-order valence-electron chi connectivity index (χ4n) is 3.46. The minimum atomic E-state index is 0.229. The number of halogens is 1. The van der Waals surface area contributed by atoms with Crippen molar-refractivity contribution in [1.82, 2.24) is 20.0 Å². The summed E-state index contributed by atoms with van der Waals surface area (Å²) in [5, 5.41) is 9.00. The Kier molecular flexibility index (Phi) is 5.33. The number of nitrogens with zero attached hydrogens (tertiary/aromatic N) is 3. The number of hydrogen-bond acceptors (Lipinski definition) is 3. The second-order valence-corrected chi connectivity index (χ2v) is 6.65. The molecule has 21 heavy (non-hydrogen) atoms. The lowest BCUT2D eigenvalue weighted by atomic mass is 9.86. The Morgan fingerprint density at radius 2 is 2.00 bits per heavy atom. The smallest absolute Gasteiger partial charge is 0.0860 e. The first-order chi connectivity index (χ1) is 9.97. The number of nitrogens with one attached hydrogen (secondary N) is 1. The van der Waals surface area contributed by atoms with Gasteiger partial charge >= 0.3 is 0 Å². The molecule has 0 radical (unpaired) electrons. The molecule has 1 aliphatic rings. The van der Waals surface area contributed by atoms with Crippen molar-refractivity contribution in [2.75, 3.05) is 13.1 Å². The van der Waals surface area contributed by atoms with Crippen molar-refractivity contribution in [3.05, 3.63) is 16.4 Å². The monoisotopic (exact) mass is 312 g/mol. The van der Waals surface area contributed by atoms with Gasteiger partial charge in [-0.05, 0) is 26.2 Å². The van der Waals surface area contributed by atoms with Crippen molar-refractivity contribution in [2.24, 2.45) is 7.05 Å². The molecule has 1 aromatic heterocycles. The molecule has 1 unspecified atom stereocenters. The lowest BCUT2D eigenvalue weighted by Crippen LogP contribution is -2.63. The number of aryl methyl sites for hydroxylation is 2. The summed E-state index contributed by atoms with van der Waals surface area (Å²) in [7, 11) is 1.99. The molecule has 1 aliphatic heterocycles. The van der Waals surface area contributed by atoms with Gasteiger partial charge in [-0.1, -0.05) is 32.4 Å². The van der Waals surface area contributed by atoms with Gasteiger partial charge in [0.1, 0.15) is 0 Å². The van der Waals surface area contributed by atoms with Crippen molar-refractivity contribution in [1.29, 1.82) is 0 Å². The Balaban J connectivity index is 2.27. The van der Waals surface area contributed by atoms with E-state index in [-0.39, 0.29) is 5.54 Å². The zero-order valence-corrected chi connectivity index (χ0v) is 14.8. The van der Waals surface area contributed by atoms with Gasteiger partial charge in [-0.15, -0.1) is 0 Å². The molecule has 1 saturated heterocycles. The minimum absolute atomic E-state index is 0.229. The van der Waals surface area contributed by atoms with Crippen molar-refractivity contribution in [2.45, 2.75) is 65.1 Å². The highest BCUT2D eigenvalue weighted by atomic mass is 35.5. The first-order valence-corrected chi connectivity index (χ1v) is 8.51. The summed E-state index contributed by atoms with van der Waals surface area (Å²) in [6, 6.07) is 0.573. The van der Waals surface area contributed by atoms with Gasteiger partial charge in [0.05, 0.1) is 16.4 Å². The van der Waals surface area contributed by atoms with Crippen LogP contribution in [0.15, 0.2) is 0 Å². The third kappa shape index (κ3) is 3.13. The van der Waals surface area contributed by atoms with Gasteiger partial charge in [0.2, 0.25) is 0 Å².